The molecule has 7 heteroatoms. The number of primary amides is 1. The van der Waals surface area contributed by atoms with Gasteiger partial charge in [0, 0.05) is 5.38 Å². The Kier molecular flexibility index (Phi) is 2.80. The lowest BCUT2D eigenvalue weighted by molar-refractivity contribution is 0.0996. The predicted molar refractivity (Wildman–Crippen MR) is 50.1 cm³/mol. The lowest BCUT2D eigenvalue weighted by Gasteiger charge is -1.89. The highest BCUT2D eigenvalue weighted by Gasteiger charge is 2.05. The summed E-state index contributed by atoms with van der Waals surface area (Å²) in [5.74, 6) is -0.553. The molecule has 6 N–H and O–H groups in total. The zero-order valence-electron chi connectivity index (χ0n) is 6.73. The Hall–Kier alpha value is -1.63. The fourth-order valence-corrected chi connectivity index (χ4v) is 1.36. The fourth-order valence-electron chi connectivity index (χ4n) is 0.656. The average Bonchev–Trinajstić information content (AvgIpc) is 2.48. The van der Waals surface area contributed by atoms with Crippen molar-refractivity contribution < 1.29 is 4.79 Å². The van der Waals surface area contributed by atoms with Crippen LogP contribution in [-0.2, 0) is 6.54 Å². The van der Waals surface area contributed by atoms with Gasteiger partial charge in [0.2, 0.25) is 0 Å². The van der Waals surface area contributed by atoms with Crippen molar-refractivity contribution in [3.05, 3.63) is 16.1 Å². The first-order chi connectivity index (χ1) is 6.09. The molecule has 1 heterocycles. The number of rotatable bonds is 3. The van der Waals surface area contributed by atoms with Gasteiger partial charge in [-0.2, -0.15) is 0 Å². The van der Waals surface area contributed by atoms with E-state index in [1.165, 1.54) is 11.3 Å². The smallest absolute Gasteiger partial charge is 0.268 e. The van der Waals surface area contributed by atoms with E-state index in [9.17, 15) is 4.79 Å². The maximum Gasteiger partial charge on any atom is 0.268 e. The zero-order chi connectivity index (χ0) is 9.84. The highest BCUT2D eigenvalue weighted by Crippen LogP contribution is 2.09. The van der Waals surface area contributed by atoms with Gasteiger partial charge in [-0.05, 0) is 0 Å². The van der Waals surface area contributed by atoms with Gasteiger partial charge in [-0.15, -0.1) is 11.3 Å². The number of amides is 1. The third kappa shape index (κ3) is 2.71. The van der Waals surface area contributed by atoms with Crippen LogP contribution in [0.5, 0.6) is 0 Å². The molecule has 0 aromatic carbocycles. The van der Waals surface area contributed by atoms with Gasteiger partial charge in [0.15, 0.2) is 5.96 Å². The molecule has 0 spiro atoms. The summed E-state index contributed by atoms with van der Waals surface area (Å²) in [6, 6.07) is 0. The predicted octanol–water partition coefficient (Wildman–Crippen LogP) is -0.985. The largest absolute Gasteiger partial charge is 0.370 e. The molecule has 0 atom stereocenters. The number of thiazole rings is 1. The SMILES string of the molecule is NC(=O)c1csc(CN=C(N)N)n1. The number of hydrogen-bond donors (Lipinski definition) is 3. The Bertz CT molecular complexity index is 341. The Morgan fingerprint density at radius 3 is 2.69 bits per heavy atom. The third-order valence-corrected chi connectivity index (χ3v) is 2.03. The van der Waals surface area contributed by atoms with E-state index in [-0.39, 0.29) is 18.2 Å². The van der Waals surface area contributed by atoms with Gasteiger partial charge in [-0.25, -0.2) is 9.98 Å². The Morgan fingerprint density at radius 1 is 1.54 bits per heavy atom. The number of guanidine groups is 1. The number of carbonyl (C=O) groups excluding carboxylic acids is 1. The highest BCUT2D eigenvalue weighted by atomic mass is 32.1. The summed E-state index contributed by atoms with van der Waals surface area (Å²) in [7, 11) is 0. The molecule has 0 aliphatic carbocycles. The van der Waals surface area contributed by atoms with Crippen molar-refractivity contribution in [1.82, 2.24) is 4.98 Å². The number of nitrogens with two attached hydrogens (primary N) is 3. The summed E-state index contributed by atoms with van der Waals surface area (Å²) in [4.78, 5) is 18.3. The molecule has 1 rings (SSSR count). The number of hydrogen-bond acceptors (Lipinski definition) is 4. The van der Waals surface area contributed by atoms with Crippen LogP contribution in [0.4, 0.5) is 0 Å². The molecule has 0 unspecified atom stereocenters. The second kappa shape index (κ2) is 3.85. The van der Waals surface area contributed by atoms with E-state index in [0.717, 1.165) is 0 Å². The number of carbonyl (C=O) groups is 1. The molecule has 1 aromatic rings. The molecular formula is C6H9N5OS. The Balaban J connectivity index is 2.70. The first-order valence-corrected chi connectivity index (χ1v) is 4.27. The van der Waals surface area contributed by atoms with Crippen LogP contribution in [0, 0.1) is 0 Å². The lowest BCUT2D eigenvalue weighted by Crippen LogP contribution is -2.22. The van der Waals surface area contributed by atoms with Crippen LogP contribution in [0.15, 0.2) is 10.4 Å². The molecule has 0 bridgehead atoms. The van der Waals surface area contributed by atoms with Crippen molar-refractivity contribution in [3.63, 3.8) is 0 Å². The summed E-state index contributed by atoms with van der Waals surface area (Å²) >= 11 is 1.29. The Morgan fingerprint density at radius 2 is 2.23 bits per heavy atom. The monoisotopic (exact) mass is 199 g/mol. The normalized spacial score (nSPS) is 9.54. The van der Waals surface area contributed by atoms with Crippen LogP contribution < -0.4 is 17.2 Å². The van der Waals surface area contributed by atoms with Gasteiger partial charge >= 0.3 is 0 Å². The minimum absolute atomic E-state index is 0.00387. The molecule has 0 fully saturated rings. The van der Waals surface area contributed by atoms with Gasteiger partial charge in [0.05, 0.1) is 6.54 Å². The van der Waals surface area contributed by atoms with Gasteiger partial charge in [-0.1, -0.05) is 0 Å². The number of aromatic nitrogens is 1. The average molecular weight is 199 g/mol. The van der Waals surface area contributed by atoms with Crippen molar-refractivity contribution in [1.29, 1.82) is 0 Å². The van der Waals surface area contributed by atoms with Gasteiger partial charge in [-0.3, -0.25) is 4.79 Å². The molecule has 6 nitrogen and oxygen atoms in total. The summed E-state index contributed by atoms with van der Waals surface area (Å²) in [5, 5.41) is 2.22. The topological polar surface area (TPSA) is 120 Å². The third-order valence-electron chi connectivity index (χ3n) is 1.20. The Labute approximate surface area is 78.5 Å². The molecule has 70 valence electrons. The molecule has 0 saturated heterocycles. The van der Waals surface area contributed by atoms with Gasteiger partial charge in [0.25, 0.3) is 5.91 Å². The number of nitrogens with zero attached hydrogens (tertiary/aromatic N) is 2. The van der Waals surface area contributed by atoms with Gasteiger partial charge < -0.3 is 17.2 Å². The van der Waals surface area contributed by atoms with E-state index in [4.69, 9.17) is 17.2 Å². The van der Waals surface area contributed by atoms with E-state index >= 15 is 0 Å². The highest BCUT2D eigenvalue weighted by molar-refractivity contribution is 7.09. The van der Waals surface area contributed by atoms with Crippen molar-refractivity contribution in [2.45, 2.75) is 6.54 Å². The summed E-state index contributed by atoms with van der Waals surface area (Å²) in [6.07, 6.45) is 0. The summed E-state index contributed by atoms with van der Waals surface area (Å²) in [5.41, 5.74) is 15.5. The fraction of sp³-hybridized carbons (Fsp3) is 0.167. The molecule has 1 aromatic heterocycles. The maximum atomic E-state index is 10.6. The first-order valence-electron chi connectivity index (χ1n) is 3.39. The molecule has 0 aliphatic heterocycles. The molecular weight excluding hydrogens is 190 g/mol. The van der Waals surface area contributed by atoms with Crippen molar-refractivity contribution in [2.75, 3.05) is 0 Å². The second-order valence-corrected chi connectivity index (χ2v) is 3.17. The van der Waals surface area contributed by atoms with E-state index in [0.29, 0.717) is 5.01 Å². The van der Waals surface area contributed by atoms with Gasteiger partial charge in [0.1, 0.15) is 10.7 Å². The maximum absolute atomic E-state index is 10.6. The summed E-state index contributed by atoms with van der Waals surface area (Å²) in [6.45, 7) is 0.278. The standard InChI is InChI=1S/C6H9N5OS/c7-5(12)3-2-13-4(11-3)1-10-6(8)9/h2H,1H2,(H2,7,12)(H4,8,9,10). The van der Waals surface area contributed by atoms with Crippen molar-refractivity contribution in [2.24, 2.45) is 22.2 Å². The van der Waals surface area contributed by atoms with Crippen LogP contribution in [0.25, 0.3) is 0 Å². The van der Waals surface area contributed by atoms with Crippen molar-refractivity contribution >= 4 is 23.2 Å². The molecule has 0 radical (unpaired) electrons. The van der Waals surface area contributed by atoms with Crippen LogP contribution in [-0.4, -0.2) is 16.9 Å². The summed E-state index contributed by atoms with van der Waals surface area (Å²) < 4.78 is 0. The van der Waals surface area contributed by atoms with E-state index in [2.05, 4.69) is 9.98 Å². The number of aliphatic imine (C=N–C) groups is 1. The molecule has 1 amide bonds. The van der Waals surface area contributed by atoms with Crippen LogP contribution in [0.1, 0.15) is 15.5 Å². The van der Waals surface area contributed by atoms with E-state index in [1.807, 2.05) is 0 Å². The zero-order valence-corrected chi connectivity index (χ0v) is 7.54. The van der Waals surface area contributed by atoms with Crippen LogP contribution in [0.3, 0.4) is 0 Å². The molecule has 0 saturated carbocycles. The van der Waals surface area contributed by atoms with Crippen LogP contribution in [0.2, 0.25) is 0 Å². The van der Waals surface area contributed by atoms with Crippen LogP contribution >= 0.6 is 11.3 Å². The van der Waals surface area contributed by atoms with E-state index in [1.54, 1.807) is 5.38 Å². The van der Waals surface area contributed by atoms with Crippen molar-refractivity contribution in [3.8, 4) is 0 Å². The molecule has 0 aliphatic rings. The minimum atomic E-state index is -0.549. The minimum Gasteiger partial charge on any atom is -0.370 e. The first kappa shape index (κ1) is 9.46. The quantitative estimate of drug-likeness (QED) is 0.427. The van der Waals surface area contributed by atoms with E-state index < -0.39 is 5.91 Å². The molecule has 13 heavy (non-hydrogen) atoms. The second-order valence-electron chi connectivity index (χ2n) is 2.23. The lowest BCUT2D eigenvalue weighted by atomic mass is 10.5.